The van der Waals surface area contributed by atoms with E-state index in [0.717, 1.165) is 7.11 Å². The number of hydrogen-bond acceptors (Lipinski definition) is 5. The molecule has 0 unspecified atom stereocenters. The van der Waals surface area contributed by atoms with Crippen molar-refractivity contribution < 1.29 is 21.6 Å². The third-order valence-corrected chi connectivity index (χ3v) is 3.54. The highest BCUT2D eigenvalue weighted by Crippen LogP contribution is 2.14. The van der Waals surface area contributed by atoms with Crippen LogP contribution < -0.4 is 0 Å². The van der Waals surface area contributed by atoms with Crippen molar-refractivity contribution in [3.05, 3.63) is 10.6 Å². The first-order valence-corrected chi connectivity index (χ1v) is 7.09. The quantitative estimate of drug-likeness (QED) is 0.662. The van der Waals surface area contributed by atoms with Gasteiger partial charge in [0.1, 0.15) is 5.03 Å². The largest absolute Gasteiger partial charge is 0.399 e. The molecule has 0 heterocycles. The van der Waals surface area contributed by atoms with Gasteiger partial charge in [-0.3, -0.25) is 8.98 Å². The highest BCUT2D eigenvalue weighted by Gasteiger charge is 2.17. The SMILES string of the molecule is CCN(CC)C(=O)/C(Cl)=C(/C)COS(=O)(=O)OC. The van der Waals surface area contributed by atoms with Gasteiger partial charge >= 0.3 is 10.4 Å². The van der Waals surface area contributed by atoms with Gasteiger partial charge in [-0.05, 0) is 26.3 Å². The van der Waals surface area contributed by atoms with E-state index in [4.69, 9.17) is 11.6 Å². The molecular weight excluding hydrogens is 282 g/mol. The molecule has 106 valence electrons. The van der Waals surface area contributed by atoms with E-state index in [-0.39, 0.29) is 17.5 Å². The summed E-state index contributed by atoms with van der Waals surface area (Å²) in [6.45, 7) is 5.91. The number of carbonyl (C=O) groups excluding carboxylic acids is 1. The van der Waals surface area contributed by atoms with Gasteiger partial charge in [0.05, 0.1) is 13.7 Å². The van der Waals surface area contributed by atoms with Gasteiger partial charge in [-0.1, -0.05) is 11.6 Å². The Kier molecular flexibility index (Phi) is 7.46. The lowest BCUT2D eigenvalue weighted by Gasteiger charge is -2.18. The molecule has 0 saturated carbocycles. The zero-order valence-corrected chi connectivity index (χ0v) is 12.5. The van der Waals surface area contributed by atoms with E-state index in [1.807, 2.05) is 13.8 Å². The normalized spacial score (nSPS) is 13.2. The summed E-state index contributed by atoms with van der Waals surface area (Å²) < 4.78 is 30.5. The topological polar surface area (TPSA) is 72.9 Å². The van der Waals surface area contributed by atoms with Gasteiger partial charge in [-0.2, -0.15) is 8.42 Å². The van der Waals surface area contributed by atoms with Crippen LogP contribution in [0.1, 0.15) is 20.8 Å². The fourth-order valence-corrected chi connectivity index (χ4v) is 1.70. The van der Waals surface area contributed by atoms with Crippen LogP contribution in [0.15, 0.2) is 10.6 Å². The summed E-state index contributed by atoms with van der Waals surface area (Å²) in [5.41, 5.74) is 0.328. The van der Waals surface area contributed by atoms with Crippen molar-refractivity contribution in [1.82, 2.24) is 4.90 Å². The molecule has 0 spiro atoms. The van der Waals surface area contributed by atoms with Crippen molar-refractivity contribution in [3.8, 4) is 0 Å². The van der Waals surface area contributed by atoms with Gasteiger partial charge in [0, 0.05) is 13.1 Å². The first-order chi connectivity index (χ1) is 8.29. The first-order valence-electron chi connectivity index (χ1n) is 5.38. The number of nitrogens with zero attached hydrogens (tertiary/aromatic N) is 1. The minimum Gasteiger partial charge on any atom is -0.338 e. The molecule has 0 atom stereocenters. The second-order valence-electron chi connectivity index (χ2n) is 3.41. The lowest BCUT2D eigenvalue weighted by Crippen LogP contribution is -2.31. The number of likely N-dealkylation sites (N-methyl/N-ethyl adjacent to an activating group) is 1. The van der Waals surface area contributed by atoms with Crippen molar-refractivity contribution in [2.24, 2.45) is 0 Å². The number of carbonyl (C=O) groups is 1. The molecule has 6 nitrogen and oxygen atoms in total. The Bertz CT molecular complexity index is 414. The summed E-state index contributed by atoms with van der Waals surface area (Å²) in [6, 6.07) is 0. The van der Waals surface area contributed by atoms with Gasteiger partial charge < -0.3 is 4.90 Å². The first kappa shape index (κ1) is 17.4. The molecule has 0 aromatic heterocycles. The predicted molar refractivity (Wildman–Crippen MR) is 68.4 cm³/mol. The van der Waals surface area contributed by atoms with Crippen molar-refractivity contribution >= 4 is 27.9 Å². The minimum absolute atomic E-state index is 0.0370. The highest BCUT2D eigenvalue weighted by molar-refractivity contribution is 7.81. The lowest BCUT2D eigenvalue weighted by atomic mass is 10.2. The van der Waals surface area contributed by atoms with Crippen molar-refractivity contribution in [1.29, 1.82) is 0 Å². The Morgan fingerprint density at radius 3 is 2.17 bits per heavy atom. The van der Waals surface area contributed by atoms with Gasteiger partial charge in [-0.15, -0.1) is 0 Å². The molecule has 0 saturated heterocycles. The molecule has 0 aromatic carbocycles. The van der Waals surface area contributed by atoms with E-state index in [0.29, 0.717) is 18.7 Å². The maximum atomic E-state index is 11.8. The van der Waals surface area contributed by atoms with E-state index in [1.54, 1.807) is 0 Å². The highest BCUT2D eigenvalue weighted by atomic mass is 35.5. The predicted octanol–water partition coefficient (Wildman–Crippen LogP) is 1.28. The van der Waals surface area contributed by atoms with E-state index >= 15 is 0 Å². The van der Waals surface area contributed by atoms with Crippen LogP contribution in [-0.4, -0.2) is 46.0 Å². The number of halogens is 1. The molecule has 0 aliphatic carbocycles. The summed E-state index contributed by atoms with van der Waals surface area (Å²) in [7, 11) is -3.04. The Balaban J connectivity index is 4.76. The molecule has 0 radical (unpaired) electrons. The van der Waals surface area contributed by atoms with Crippen LogP contribution in [0.3, 0.4) is 0 Å². The van der Waals surface area contributed by atoms with Crippen LogP contribution >= 0.6 is 11.6 Å². The molecule has 0 bridgehead atoms. The molecule has 0 rings (SSSR count). The van der Waals surface area contributed by atoms with Crippen molar-refractivity contribution in [2.45, 2.75) is 20.8 Å². The molecule has 0 aliphatic rings. The minimum atomic E-state index is -4.02. The lowest BCUT2D eigenvalue weighted by molar-refractivity contribution is -0.126. The van der Waals surface area contributed by atoms with E-state index in [9.17, 15) is 13.2 Å². The summed E-state index contributed by atoms with van der Waals surface area (Å²) in [6.07, 6.45) is 0. The third kappa shape index (κ3) is 5.34. The smallest absolute Gasteiger partial charge is 0.338 e. The molecule has 0 aliphatic heterocycles. The fourth-order valence-electron chi connectivity index (χ4n) is 1.10. The summed E-state index contributed by atoms with van der Waals surface area (Å²) in [4.78, 5) is 13.4. The number of hydrogen-bond donors (Lipinski definition) is 0. The third-order valence-electron chi connectivity index (χ3n) is 2.24. The Morgan fingerprint density at radius 2 is 1.78 bits per heavy atom. The number of amides is 1. The molecule has 0 N–H and O–H groups in total. The Morgan fingerprint density at radius 1 is 1.28 bits per heavy atom. The molecule has 8 heteroatoms. The van der Waals surface area contributed by atoms with Gasteiger partial charge in [0.25, 0.3) is 5.91 Å². The second-order valence-corrected chi connectivity index (χ2v) is 5.17. The van der Waals surface area contributed by atoms with Crippen LogP contribution in [0, 0.1) is 0 Å². The molecule has 0 aromatic rings. The van der Waals surface area contributed by atoms with Gasteiger partial charge in [0.2, 0.25) is 0 Å². The fraction of sp³-hybridized carbons (Fsp3) is 0.700. The average molecular weight is 300 g/mol. The zero-order chi connectivity index (χ0) is 14.3. The van der Waals surface area contributed by atoms with Crippen molar-refractivity contribution in [3.63, 3.8) is 0 Å². The van der Waals surface area contributed by atoms with Crippen LogP contribution in [-0.2, 0) is 23.6 Å². The molecular formula is C10H18ClNO5S. The summed E-state index contributed by atoms with van der Waals surface area (Å²) in [5, 5.41) is -0.0370. The molecule has 18 heavy (non-hydrogen) atoms. The maximum absolute atomic E-state index is 11.8. The molecule has 1 amide bonds. The van der Waals surface area contributed by atoms with Gasteiger partial charge in [0.15, 0.2) is 0 Å². The zero-order valence-electron chi connectivity index (χ0n) is 10.9. The van der Waals surface area contributed by atoms with Crippen LogP contribution in [0.2, 0.25) is 0 Å². The van der Waals surface area contributed by atoms with E-state index in [2.05, 4.69) is 8.37 Å². The average Bonchev–Trinajstić information content (AvgIpc) is 2.36. The Hall–Kier alpha value is -0.630. The standard InChI is InChI=1S/C10H18ClNO5S/c1-5-12(6-2)10(13)9(11)8(3)7-17-18(14,15)16-4/h5-7H2,1-4H3/b9-8+. The van der Waals surface area contributed by atoms with Crippen molar-refractivity contribution in [2.75, 3.05) is 26.8 Å². The van der Waals surface area contributed by atoms with E-state index < -0.39 is 10.4 Å². The molecule has 0 fully saturated rings. The number of rotatable bonds is 7. The van der Waals surface area contributed by atoms with E-state index in [1.165, 1.54) is 11.8 Å². The second kappa shape index (κ2) is 7.73. The summed E-state index contributed by atoms with van der Waals surface area (Å²) >= 11 is 5.88. The Labute approximate surface area is 113 Å². The van der Waals surface area contributed by atoms with Crippen LogP contribution in [0.4, 0.5) is 0 Å². The summed E-state index contributed by atoms with van der Waals surface area (Å²) in [5.74, 6) is -0.349. The van der Waals surface area contributed by atoms with Crippen LogP contribution in [0.5, 0.6) is 0 Å². The van der Waals surface area contributed by atoms with Gasteiger partial charge in [-0.25, -0.2) is 4.18 Å². The monoisotopic (exact) mass is 299 g/mol. The maximum Gasteiger partial charge on any atom is 0.399 e. The van der Waals surface area contributed by atoms with Crippen LogP contribution in [0.25, 0.3) is 0 Å².